The highest BCUT2D eigenvalue weighted by Crippen LogP contribution is 2.29. The van der Waals surface area contributed by atoms with Crippen LogP contribution in [0.2, 0.25) is 0 Å². The molecule has 1 amide bonds. The fourth-order valence-corrected chi connectivity index (χ4v) is 4.73. The Kier molecular flexibility index (Phi) is 8.40. The molecule has 0 bridgehead atoms. The first-order valence-electron chi connectivity index (χ1n) is 13.5. The Morgan fingerprint density at radius 3 is 2.55 bits per heavy atom. The van der Waals surface area contributed by atoms with Crippen molar-refractivity contribution in [2.24, 2.45) is 0 Å². The summed E-state index contributed by atoms with van der Waals surface area (Å²) in [5.41, 5.74) is 2.86. The van der Waals surface area contributed by atoms with Crippen LogP contribution >= 0.6 is 0 Å². The summed E-state index contributed by atoms with van der Waals surface area (Å²) < 4.78 is 7.47. The molecule has 0 spiro atoms. The van der Waals surface area contributed by atoms with E-state index >= 15 is 0 Å². The molecule has 1 saturated carbocycles. The first-order chi connectivity index (χ1) is 18.0. The molecule has 1 aliphatic carbocycles. The minimum atomic E-state index is -0.442. The summed E-state index contributed by atoms with van der Waals surface area (Å²) in [5, 5.41) is 9.84. The maximum absolute atomic E-state index is 12.1. The lowest BCUT2D eigenvalue weighted by Crippen LogP contribution is -2.40. The molecule has 38 heavy (non-hydrogen) atoms. The summed E-state index contributed by atoms with van der Waals surface area (Å²) in [6.45, 7) is 10.1. The number of ether oxygens (including phenoxy) is 1. The number of aromatic nitrogens is 4. The Morgan fingerprint density at radius 1 is 1.16 bits per heavy atom. The highest BCUT2D eigenvalue weighted by Gasteiger charge is 2.24. The van der Waals surface area contributed by atoms with E-state index in [-0.39, 0.29) is 18.2 Å². The number of nitrogens with one attached hydrogen (secondary N) is 3. The number of imidazole rings is 1. The number of amides is 1. The molecule has 0 radical (unpaired) electrons. The smallest absolute Gasteiger partial charge is 0.407 e. The number of anilines is 3. The van der Waals surface area contributed by atoms with E-state index in [1.807, 2.05) is 51.4 Å². The topological polar surface area (TPSA) is 109 Å². The summed E-state index contributed by atoms with van der Waals surface area (Å²) in [6.07, 6.45) is 5.86. The van der Waals surface area contributed by atoms with Crippen LogP contribution in [0.25, 0.3) is 11.2 Å². The van der Waals surface area contributed by atoms with Crippen LogP contribution in [0.1, 0.15) is 71.9 Å². The summed E-state index contributed by atoms with van der Waals surface area (Å²) in [5.74, 6) is 1.25. The van der Waals surface area contributed by atoms with Crippen LogP contribution < -0.4 is 16.0 Å². The van der Waals surface area contributed by atoms with Gasteiger partial charge in [-0.05, 0) is 92.1 Å². The van der Waals surface area contributed by atoms with Gasteiger partial charge in [-0.1, -0.05) is 12.1 Å². The van der Waals surface area contributed by atoms with Gasteiger partial charge in [-0.2, -0.15) is 9.97 Å². The molecule has 3 N–H and O–H groups in total. The van der Waals surface area contributed by atoms with Crippen LogP contribution in [-0.2, 0) is 11.3 Å². The Bertz CT molecular complexity index is 1240. The maximum Gasteiger partial charge on any atom is 0.407 e. The van der Waals surface area contributed by atoms with E-state index in [4.69, 9.17) is 14.7 Å². The fourth-order valence-electron chi connectivity index (χ4n) is 4.73. The summed E-state index contributed by atoms with van der Waals surface area (Å²) in [7, 11) is 4.31. The van der Waals surface area contributed by atoms with E-state index in [2.05, 4.69) is 58.3 Å². The van der Waals surface area contributed by atoms with Crippen molar-refractivity contribution >= 4 is 34.7 Å². The van der Waals surface area contributed by atoms with Crippen LogP contribution in [0.4, 0.5) is 22.2 Å². The van der Waals surface area contributed by atoms with Gasteiger partial charge < -0.3 is 30.2 Å². The predicted octanol–water partition coefficient (Wildman–Crippen LogP) is 5.46. The molecule has 4 rings (SSSR count). The number of fused-ring (bicyclic) bond motifs is 1. The van der Waals surface area contributed by atoms with Crippen LogP contribution in [0, 0.1) is 0 Å². The number of nitrogens with zero attached hydrogens (tertiary/aromatic N) is 5. The van der Waals surface area contributed by atoms with Crippen molar-refractivity contribution in [1.82, 2.24) is 29.7 Å². The van der Waals surface area contributed by atoms with Crippen molar-refractivity contribution in [2.45, 2.75) is 90.6 Å². The largest absolute Gasteiger partial charge is 0.445 e. The van der Waals surface area contributed by atoms with Gasteiger partial charge in [0.05, 0.1) is 6.33 Å². The molecule has 206 valence electrons. The van der Waals surface area contributed by atoms with Gasteiger partial charge in [-0.25, -0.2) is 9.78 Å². The third-order valence-corrected chi connectivity index (χ3v) is 6.77. The number of benzene rings is 1. The molecule has 0 saturated heterocycles. The Morgan fingerprint density at radius 2 is 1.89 bits per heavy atom. The number of rotatable bonds is 8. The molecule has 10 nitrogen and oxygen atoms in total. The molecule has 1 fully saturated rings. The van der Waals surface area contributed by atoms with Gasteiger partial charge in [0, 0.05) is 29.4 Å². The molecule has 1 aliphatic rings. The van der Waals surface area contributed by atoms with E-state index in [0.29, 0.717) is 29.4 Å². The van der Waals surface area contributed by atoms with Crippen molar-refractivity contribution in [1.29, 1.82) is 0 Å². The van der Waals surface area contributed by atoms with E-state index in [9.17, 15) is 4.79 Å². The van der Waals surface area contributed by atoms with Crippen LogP contribution in [0.5, 0.6) is 0 Å². The Hall–Kier alpha value is -3.40. The third-order valence-electron chi connectivity index (χ3n) is 6.77. The molecular formula is C28H42N8O2. The third kappa shape index (κ3) is 7.12. The summed E-state index contributed by atoms with van der Waals surface area (Å²) in [4.78, 5) is 28.7. The normalized spacial score (nSPS) is 18.1. The summed E-state index contributed by atoms with van der Waals surface area (Å²) in [6, 6.07) is 8.95. The van der Waals surface area contributed by atoms with E-state index in [0.717, 1.165) is 42.6 Å². The molecule has 2 aromatic heterocycles. The first kappa shape index (κ1) is 27.6. The fraction of sp³-hybridized carbons (Fsp3) is 0.571. The molecule has 2 heterocycles. The minimum absolute atomic E-state index is 0.168. The average Bonchev–Trinajstić information content (AvgIpc) is 3.27. The van der Waals surface area contributed by atoms with Gasteiger partial charge in [0.15, 0.2) is 17.0 Å². The van der Waals surface area contributed by atoms with Crippen molar-refractivity contribution in [3.63, 3.8) is 0 Å². The van der Waals surface area contributed by atoms with E-state index < -0.39 is 6.09 Å². The lowest BCUT2D eigenvalue weighted by molar-refractivity contribution is 0.131. The van der Waals surface area contributed by atoms with E-state index in [1.165, 1.54) is 0 Å². The van der Waals surface area contributed by atoms with Gasteiger partial charge in [0.2, 0.25) is 5.95 Å². The van der Waals surface area contributed by atoms with Crippen molar-refractivity contribution < 1.29 is 9.53 Å². The predicted molar refractivity (Wildman–Crippen MR) is 152 cm³/mol. The van der Waals surface area contributed by atoms with Gasteiger partial charge in [-0.3, -0.25) is 0 Å². The summed E-state index contributed by atoms with van der Waals surface area (Å²) >= 11 is 0. The Labute approximate surface area is 225 Å². The van der Waals surface area contributed by atoms with Gasteiger partial charge in [-0.15, -0.1) is 0 Å². The number of carbonyl (C=O) groups excluding carboxylic acids is 1. The second-order valence-electron chi connectivity index (χ2n) is 11.7. The highest BCUT2D eigenvalue weighted by molar-refractivity contribution is 5.86. The van der Waals surface area contributed by atoms with Crippen LogP contribution in [0.3, 0.4) is 0 Å². The Balaban J connectivity index is 1.53. The van der Waals surface area contributed by atoms with Crippen molar-refractivity contribution in [3.8, 4) is 0 Å². The number of hydrogen-bond acceptors (Lipinski definition) is 8. The molecular weight excluding hydrogens is 480 g/mol. The second kappa shape index (κ2) is 11.6. The van der Waals surface area contributed by atoms with Gasteiger partial charge in [0.25, 0.3) is 0 Å². The van der Waals surface area contributed by atoms with Crippen LogP contribution in [0.15, 0.2) is 30.6 Å². The second-order valence-corrected chi connectivity index (χ2v) is 11.7. The van der Waals surface area contributed by atoms with E-state index in [1.54, 1.807) is 0 Å². The lowest BCUT2D eigenvalue weighted by Gasteiger charge is -2.33. The molecule has 3 aromatic rings. The monoisotopic (exact) mass is 522 g/mol. The van der Waals surface area contributed by atoms with Crippen molar-refractivity contribution in [3.05, 3.63) is 36.2 Å². The van der Waals surface area contributed by atoms with Crippen LogP contribution in [-0.4, -0.2) is 62.2 Å². The zero-order valence-electron chi connectivity index (χ0n) is 23.7. The molecule has 0 atom stereocenters. The number of carbonyl (C=O) groups is 1. The maximum atomic E-state index is 12.1. The van der Waals surface area contributed by atoms with Crippen molar-refractivity contribution in [2.75, 3.05) is 24.7 Å². The SMILES string of the molecule is CC(C)n1cnc2c(Nc3cccc(COC(=O)NC(C)(C)C)c3)nc(NC3CCC(N(C)C)CC3)nc21. The molecule has 0 unspecified atom stereocenters. The zero-order valence-corrected chi connectivity index (χ0v) is 23.7. The number of alkyl carbamates (subject to hydrolysis) is 1. The standard InChI is InChI=1S/C28H42N8O2/c1-18(2)36-17-29-23-24(30-21-10-8-9-19(15-21)16-38-27(37)34-28(3,4)5)32-26(33-25(23)36)31-20-11-13-22(14-12-20)35(6)7/h8-10,15,17-18,20,22H,11-14,16H2,1-7H3,(H,34,37)(H2,30,31,32,33). The molecule has 0 aliphatic heterocycles. The minimum Gasteiger partial charge on any atom is -0.445 e. The van der Waals surface area contributed by atoms with Gasteiger partial charge >= 0.3 is 6.09 Å². The lowest BCUT2D eigenvalue weighted by atomic mass is 9.91. The zero-order chi connectivity index (χ0) is 27.4. The van der Waals surface area contributed by atoms with Gasteiger partial charge in [0.1, 0.15) is 6.61 Å². The molecule has 1 aromatic carbocycles. The highest BCUT2D eigenvalue weighted by atomic mass is 16.5. The first-order valence-corrected chi connectivity index (χ1v) is 13.5. The average molecular weight is 523 g/mol. The quantitative estimate of drug-likeness (QED) is 0.358. The molecule has 10 heteroatoms. The number of hydrogen-bond donors (Lipinski definition) is 3.